The molecule has 0 radical (unpaired) electrons. The average molecular weight is 286 g/mol. The van der Waals surface area contributed by atoms with Gasteiger partial charge < -0.3 is 4.90 Å². The SMILES string of the molecule is O=C(Nc1ccccn1)N1CCCC(Cn2cncn2)C1. The van der Waals surface area contributed by atoms with Crippen molar-refractivity contribution in [3.05, 3.63) is 37.1 Å². The highest BCUT2D eigenvalue weighted by atomic mass is 16.2. The molecule has 2 aromatic rings. The van der Waals surface area contributed by atoms with Crippen molar-refractivity contribution in [1.82, 2.24) is 24.6 Å². The number of nitrogens with one attached hydrogen (secondary N) is 1. The monoisotopic (exact) mass is 286 g/mol. The number of rotatable bonds is 3. The number of aromatic nitrogens is 4. The van der Waals surface area contributed by atoms with E-state index < -0.39 is 0 Å². The smallest absolute Gasteiger partial charge is 0.323 e. The van der Waals surface area contributed by atoms with Crippen molar-refractivity contribution in [2.24, 2.45) is 5.92 Å². The molecule has 1 aliphatic heterocycles. The Morgan fingerprint density at radius 3 is 3.14 bits per heavy atom. The summed E-state index contributed by atoms with van der Waals surface area (Å²) in [7, 11) is 0. The van der Waals surface area contributed by atoms with Crippen LogP contribution < -0.4 is 5.32 Å². The first kappa shape index (κ1) is 13.5. The molecule has 1 unspecified atom stereocenters. The van der Waals surface area contributed by atoms with Crippen LogP contribution in [-0.4, -0.2) is 43.8 Å². The van der Waals surface area contributed by atoms with Crippen molar-refractivity contribution < 1.29 is 4.79 Å². The molecule has 21 heavy (non-hydrogen) atoms. The van der Waals surface area contributed by atoms with E-state index >= 15 is 0 Å². The number of nitrogens with zero attached hydrogens (tertiary/aromatic N) is 5. The highest BCUT2D eigenvalue weighted by Gasteiger charge is 2.24. The zero-order chi connectivity index (χ0) is 14.5. The number of carbonyl (C=O) groups excluding carboxylic acids is 1. The fraction of sp³-hybridized carbons (Fsp3) is 0.429. The van der Waals surface area contributed by atoms with Gasteiger partial charge in [0.2, 0.25) is 0 Å². The average Bonchev–Trinajstić information content (AvgIpc) is 3.01. The molecule has 1 N–H and O–H groups in total. The second-order valence-corrected chi connectivity index (χ2v) is 5.22. The number of carbonyl (C=O) groups is 1. The molecule has 2 aromatic heterocycles. The maximum absolute atomic E-state index is 12.3. The Kier molecular flexibility index (Phi) is 4.09. The van der Waals surface area contributed by atoms with Gasteiger partial charge in [-0.05, 0) is 30.9 Å². The summed E-state index contributed by atoms with van der Waals surface area (Å²) in [5.41, 5.74) is 0. The van der Waals surface area contributed by atoms with E-state index in [9.17, 15) is 4.79 Å². The minimum absolute atomic E-state index is 0.0861. The number of amides is 2. The predicted molar refractivity (Wildman–Crippen MR) is 77.6 cm³/mol. The summed E-state index contributed by atoms with van der Waals surface area (Å²) >= 11 is 0. The minimum Gasteiger partial charge on any atom is -0.324 e. The van der Waals surface area contributed by atoms with Gasteiger partial charge >= 0.3 is 6.03 Å². The van der Waals surface area contributed by atoms with Crippen molar-refractivity contribution in [3.8, 4) is 0 Å². The molecule has 7 nitrogen and oxygen atoms in total. The summed E-state index contributed by atoms with van der Waals surface area (Å²) in [6.07, 6.45) is 7.03. The molecule has 110 valence electrons. The maximum Gasteiger partial charge on any atom is 0.323 e. The third kappa shape index (κ3) is 3.56. The first-order chi connectivity index (χ1) is 10.3. The van der Waals surface area contributed by atoms with Crippen molar-refractivity contribution in [3.63, 3.8) is 0 Å². The lowest BCUT2D eigenvalue weighted by molar-refractivity contribution is 0.168. The molecule has 1 fully saturated rings. The van der Waals surface area contributed by atoms with Crippen molar-refractivity contribution >= 4 is 11.8 Å². The van der Waals surface area contributed by atoms with Crippen LogP contribution in [0, 0.1) is 5.92 Å². The van der Waals surface area contributed by atoms with Gasteiger partial charge in [0.1, 0.15) is 18.5 Å². The van der Waals surface area contributed by atoms with Gasteiger partial charge in [0.05, 0.1) is 0 Å². The predicted octanol–water partition coefficient (Wildman–Crippen LogP) is 1.62. The quantitative estimate of drug-likeness (QED) is 0.930. The van der Waals surface area contributed by atoms with Crippen LogP contribution in [0.5, 0.6) is 0 Å². The number of hydrogen-bond acceptors (Lipinski definition) is 4. The van der Waals surface area contributed by atoms with Gasteiger partial charge in [-0.15, -0.1) is 0 Å². The normalized spacial score (nSPS) is 18.5. The van der Waals surface area contributed by atoms with Crippen LogP contribution in [0.1, 0.15) is 12.8 Å². The first-order valence-corrected chi connectivity index (χ1v) is 7.10. The van der Waals surface area contributed by atoms with Crippen LogP contribution in [0.25, 0.3) is 0 Å². The van der Waals surface area contributed by atoms with Crippen LogP contribution in [0.4, 0.5) is 10.6 Å². The fourth-order valence-corrected chi connectivity index (χ4v) is 2.62. The van der Waals surface area contributed by atoms with Gasteiger partial charge in [0.15, 0.2) is 0 Å². The third-order valence-electron chi connectivity index (χ3n) is 3.62. The maximum atomic E-state index is 12.3. The molecule has 1 saturated heterocycles. The molecular weight excluding hydrogens is 268 g/mol. The van der Waals surface area contributed by atoms with E-state index in [-0.39, 0.29) is 6.03 Å². The van der Waals surface area contributed by atoms with Gasteiger partial charge in [-0.1, -0.05) is 6.07 Å². The van der Waals surface area contributed by atoms with Crippen LogP contribution >= 0.6 is 0 Å². The number of pyridine rings is 1. The minimum atomic E-state index is -0.0861. The summed E-state index contributed by atoms with van der Waals surface area (Å²) in [4.78, 5) is 22.2. The Labute approximate surface area is 123 Å². The van der Waals surface area contributed by atoms with Gasteiger partial charge in [-0.2, -0.15) is 5.10 Å². The molecule has 3 rings (SSSR count). The van der Waals surface area contributed by atoms with E-state index in [0.717, 1.165) is 32.5 Å². The Balaban J connectivity index is 1.56. The largest absolute Gasteiger partial charge is 0.324 e. The van der Waals surface area contributed by atoms with Gasteiger partial charge in [0, 0.05) is 25.8 Å². The van der Waals surface area contributed by atoms with E-state index in [0.29, 0.717) is 11.7 Å². The standard InChI is InChI=1S/C14H18N6O/c21-14(18-13-5-1-2-6-16-13)19-7-3-4-12(8-19)9-20-11-15-10-17-20/h1-2,5-6,10-12H,3-4,7-9H2,(H,16,18,21). The number of hydrogen-bond donors (Lipinski definition) is 1. The highest BCUT2D eigenvalue weighted by Crippen LogP contribution is 2.18. The molecule has 7 heteroatoms. The van der Waals surface area contributed by atoms with Gasteiger partial charge in [-0.3, -0.25) is 10.00 Å². The highest BCUT2D eigenvalue weighted by molar-refractivity contribution is 5.88. The number of piperidine rings is 1. The van der Waals surface area contributed by atoms with E-state index in [4.69, 9.17) is 0 Å². The number of anilines is 1. The summed E-state index contributed by atoms with van der Waals surface area (Å²) in [5, 5.41) is 6.96. The Hall–Kier alpha value is -2.44. The zero-order valence-electron chi connectivity index (χ0n) is 11.7. The lowest BCUT2D eigenvalue weighted by atomic mass is 9.98. The topological polar surface area (TPSA) is 75.9 Å². The Morgan fingerprint density at radius 1 is 1.43 bits per heavy atom. The van der Waals surface area contributed by atoms with E-state index in [1.54, 1.807) is 18.6 Å². The van der Waals surface area contributed by atoms with Gasteiger partial charge in [-0.25, -0.2) is 14.8 Å². The molecular formula is C14H18N6O. The number of likely N-dealkylation sites (tertiary alicyclic amines) is 1. The van der Waals surface area contributed by atoms with Gasteiger partial charge in [0.25, 0.3) is 0 Å². The van der Waals surface area contributed by atoms with Crippen LogP contribution in [0.3, 0.4) is 0 Å². The second-order valence-electron chi connectivity index (χ2n) is 5.22. The molecule has 0 bridgehead atoms. The van der Waals surface area contributed by atoms with E-state index in [1.807, 2.05) is 21.7 Å². The molecule has 0 aromatic carbocycles. The van der Waals surface area contributed by atoms with Crippen molar-refractivity contribution in [1.29, 1.82) is 0 Å². The second kappa shape index (κ2) is 6.34. The van der Waals surface area contributed by atoms with Crippen LogP contribution in [0.15, 0.2) is 37.1 Å². The molecule has 2 amide bonds. The van der Waals surface area contributed by atoms with E-state index in [1.165, 1.54) is 6.33 Å². The summed E-state index contributed by atoms with van der Waals surface area (Å²) in [6.45, 7) is 2.32. The molecule has 3 heterocycles. The molecule has 0 saturated carbocycles. The first-order valence-electron chi connectivity index (χ1n) is 7.10. The van der Waals surface area contributed by atoms with Crippen molar-refractivity contribution in [2.45, 2.75) is 19.4 Å². The lowest BCUT2D eigenvalue weighted by Gasteiger charge is -2.32. The molecule has 1 aliphatic rings. The molecule has 1 atom stereocenters. The van der Waals surface area contributed by atoms with Crippen molar-refractivity contribution in [2.75, 3.05) is 18.4 Å². The summed E-state index contributed by atoms with van der Waals surface area (Å²) in [5.74, 6) is 0.996. The third-order valence-corrected chi connectivity index (χ3v) is 3.62. The van der Waals surface area contributed by atoms with E-state index in [2.05, 4.69) is 20.4 Å². The number of urea groups is 1. The van der Waals surface area contributed by atoms with Crippen LogP contribution in [0.2, 0.25) is 0 Å². The molecule has 0 spiro atoms. The Bertz CT molecular complexity index is 570. The summed E-state index contributed by atoms with van der Waals surface area (Å²) in [6, 6.07) is 5.38. The van der Waals surface area contributed by atoms with Crippen LogP contribution in [-0.2, 0) is 6.54 Å². The fourth-order valence-electron chi connectivity index (χ4n) is 2.62. The Morgan fingerprint density at radius 2 is 2.38 bits per heavy atom. The summed E-state index contributed by atoms with van der Waals surface area (Å²) < 4.78 is 1.82. The molecule has 0 aliphatic carbocycles. The lowest BCUT2D eigenvalue weighted by Crippen LogP contribution is -2.43. The zero-order valence-corrected chi connectivity index (χ0v) is 11.7.